The van der Waals surface area contributed by atoms with Crippen LogP contribution in [0.4, 0.5) is 29.6 Å². The van der Waals surface area contributed by atoms with Crippen LogP contribution in [0.25, 0.3) is 22.3 Å². The zero-order valence-electron chi connectivity index (χ0n) is 21.5. The van der Waals surface area contributed by atoms with Crippen LogP contribution in [0.1, 0.15) is 31.3 Å². The van der Waals surface area contributed by atoms with E-state index in [1.807, 2.05) is 18.4 Å². The summed E-state index contributed by atoms with van der Waals surface area (Å²) in [6.07, 6.45) is 3.90. The Morgan fingerprint density at radius 1 is 1.10 bits per heavy atom. The van der Waals surface area contributed by atoms with Crippen LogP contribution in [0.5, 0.6) is 0 Å². The molecule has 0 aliphatic carbocycles. The molecule has 3 heterocycles. The molecular weight excluding hydrogens is 511 g/mol. The van der Waals surface area contributed by atoms with Gasteiger partial charge in [-0.1, -0.05) is 6.07 Å². The third-order valence-corrected chi connectivity index (χ3v) is 6.25. The molecule has 202 valence electrons. The molecule has 0 spiro atoms. The Balaban J connectivity index is 1.36. The van der Waals surface area contributed by atoms with Crippen molar-refractivity contribution in [1.82, 2.24) is 29.7 Å². The molecule has 2 amide bonds. The van der Waals surface area contributed by atoms with Crippen molar-refractivity contribution in [2.45, 2.75) is 33.4 Å². The highest BCUT2D eigenvalue weighted by molar-refractivity contribution is 5.83. The van der Waals surface area contributed by atoms with E-state index in [0.29, 0.717) is 30.2 Å². The third kappa shape index (κ3) is 5.35. The van der Waals surface area contributed by atoms with Crippen LogP contribution in [-0.2, 0) is 11.3 Å². The molecule has 5 rings (SSSR count). The molecule has 9 nitrogen and oxygen atoms in total. The number of benzene rings is 2. The Kier molecular flexibility index (Phi) is 7.09. The van der Waals surface area contributed by atoms with E-state index in [-0.39, 0.29) is 46.9 Å². The van der Waals surface area contributed by atoms with E-state index in [4.69, 9.17) is 4.74 Å². The number of ether oxygens (including phenoxy) is 1. The average molecular weight is 538 g/mol. The second kappa shape index (κ2) is 10.6. The summed E-state index contributed by atoms with van der Waals surface area (Å²) in [6.45, 7) is 6.45. The first-order valence-corrected chi connectivity index (χ1v) is 12.3. The monoisotopic (exact) mass is 537 g/mol. The van der Waals surface area contributed by atoms with Crippen LogP contribution in [0.2, 0.25) is 0 Å². The predicted octanol–water partition coefficient (Wildman–Crippen LogP) is 5.56. The van der Waals surface area contributed by atoms with Crippen LogP contribution < -0.4 is 10.6 Å². The number of carbonyl (C=O) groups excluding carboxylic acids is 1. The first-order valence-electron chi connectivity index (χ1n) is 12.3. The number of aryl methyl sites for hydroxylation is 1. The van der Waals surface area contributed by atoms with Gasteiger partial charge < -0.3 is 19.9 Å². The Morgan fingerprint density at radius 3 is 2.64 bits per heavy atom. The fourth-order valence-electron chi connectivity index (χ4n) is 4.44. The molecule has 0 fully saturated rings. The van der Waals surface area contributed by atoms with E-state index >= 15 is 0 Å². The zero-order valence-corrected chi connectivity index (χ0v) is 21.5. The van der Waals surface area contributed by atoms with Crippen LogP contribution in [0.3, 0.4) is 0 Å². The summed E-state index contributed by atoms with van der Waals surface area (Å²) in [5, 5.41) is 5.51. The highest BCUT2D eigenvalue weighted by Gasteiger charge is 2.19. The number of hydrogen-bond donors (Lipinski definition) is 2. The normalized spacial score (nSPS) is 13.2. The van der Waals surface area contributed by atoms with Gasteiger partial charge in [-0.3, -0.25) is 4.90 Å². The standard InChI is InChI=1S/C27H26F3N7O2/c1-15(2)37-16(3)33-25-21(29)10-18(11-23(25)37)24-22(30)14-31-26(35-24)34-19-5-4-17(20(28)12-19)13-32-27(38)36-6-8-39-9-7-36/h4-6,8,10-12,14-15H,7,9,13H2,1-3H3,(H,32,38)(H,31,34,35). The van der Waals surface area contributed by atoms with Crippen molar-refractivity contribution >= 4 is 28.7 Å². The van der Waals surface area contributed by atoms with Crippen LogP contribution >= 0.6 is 0 Å². The maximum atomic E-state index is 14.9. The third-order valence-electron chi connectivity index (χ3n) is 6.25. The first kappa shape index (κ1) is 26.0. The van der Waals surface area contributed by atoms with Gasteiger partial charge in [0.1, 0.15) is 29.5 Å². The van der Waals surface area contributed by atoms with E-state index in [2.05, 4.69) is 25.6 Å². The summed E-state index contributed by atoms with van der Waals surface area (Å²) in [5.41, 5.74) is 1.42. The molecule has 2 N–H and O–H groups in total. The molecular formula is C27H26F3N7O2. The molecule has 0 saturated carbocycles. The van der Waals surface area contributed by atoms with Crippen molar-refractivity contribution in [3.8, 4) is 11.3 Å². The molecule has 39 heavy (non-hydrogen) atoms. The molecule has 1 aliphatic heterocycles. The Labute approximate surface area is 222 Å². The fourth-order valence-corrected chi connectivity index (χ4v) is 4.44. The number of nitrogens with zero attached hydrogens (tertiary/aromatic N) is 5. The Hall–Kier alpha value is -4.61. The maximum absolute atomic E-state index is 14.9. The van der Waals surface area contributed by atoms with E-state index in [9.17, 15) is 18.0 Å². The quantitative estimate of drug-likeness (QED) is 0.335. The Bertz CT molecular complexity index is 1590. The number of rotatable bonds is 6. The van der Waals surface area contributed by atoms with Gasteiger partial charge in [-0.05, 0) is 45.0 Å². The molecule has 2 aromatic heterocycles. The molecule has 0 bridgehead atoms. The lowest BCUT2D eigenvalue weighted by atomic mass is 10.1. The summed E-state index contributed by atoms with van der Waals surface area (Å²) in [6, 6.07) is 6.78. The van der Waals surface area contributed by atoms with Gasteiger partial charge in [0.05, 0.1) is 24.5 Å². The smallest absolute Gasteiger partial charge is 0.321 e. The highest BCUT2D eigenvalue weighted by atomic mass is 19.1. The molecule has 4 aromatic rings. The number of imidazole rings is 1. The van der Waals surface area contributed by atoms with E-state index in [1.165, 1.54) is 35.6 Å². The largest absolute Gasteiger partial charge is 0.498 e. The number of fused-ring (bicyclic) bond motifs is 1. The maximum Gasteiger partial charge on any atom is 0.321 e. The summed E-state index contributed by atoms with van der Waals surface area (Å²) in [5.74, 6) is -1.25. The van der Waals surface area contributed by atoms with Crippen LogP contribution in [0, 0.1) is 24.4 Å². The minimum Gasteiger partial charge on any atom is -0.498 e. The van der Waals surface area contributed by atoms with Crippen molar-refractivity contribution in [2.75, 3.05) is 18.5 Å². The number of amides is 2. The lowest BCUT2D eigenvalue weighted by Gasteiger charge is -2.21. The summed E-state index contributed by atoms with van der Waals surface area (Å²) in [7, 11) is 0. The predicted molar refractivity (Wildman–Crippen MR) is 140 cm³/mol. The SMILES string of the molecule is Cc1nc2c(F)cc(-c3nc(Nc4ccc(CNC(=O)N5C=COCC5)c(F)c4)ncc3F)cc2n1C(C)C. The highest BCUT2D eigenvalue weighted by Crippen LogP contribution is 2.30. The van der Waals surface area contributed by atoms with Gasteiger partial charge in [-0.2, -0.15) is 0 Å². The van der Waals surface area contributed by atoms with E-state index in [0.717, 1.165) is 6.20 Å². The van der Waals surface area contributed by atoms with E-state index in [1.54, 1.807) is 19.1 Å². The molecule has 1 aliphatic rings. The second-order valence-electron chi connectivity index (χ2n) is 9.28. The van der Waals surface area contributed by atoms with Gasteiger partial charge in [-0.15, -0.1) is 0 Å². The number of carbonyl (C=O) groups is 1. The number of aromatic nitrogens is 4. The molecule has 0 radical (unpaired) electrons. The van der Waals surface area contributed by atoms with Gasteiger partial charge in [0.15, 0.2) is 11.6 Å². The lowest BCUT2D eigenvalue weighted by Crippen LogP contribution is -2.39. The summed E-state index contributed by atoms with van der Waals surface area (Å²) >= 11 is 0. The Morgan fingerprint density at radius 2 is 1.92 bits per heavy atom. The van der Waals surface area contributed by atoms with Crippen molar-refractivity contribution < 1.29 is 22.7 Å². The molecule has 12 heteroatoms. The number of urea groups is 1. The molecule has 0 saturated heterocycles. The number of anilines is 2. The number of halogens is 3. The number of hydrogen-bond acceptors (Lipinski definition) is 6. The van der Waals surface area contributed by atoms with Gasteiger partial charge in [-0.25, -0.2) is 32.9 Å². The van der Waals surface area contributed by atoms with E-state index < -0.39 is 17.5 Å². The second-order valence-corrected chi connectivity index (χ2v) is 9.28. The van der Waals surface area contributed by atoms with Crippen molar-refractivity contribution in [3.63, 3.8) is 0 Å². The van der Waals surface area contributed by atoms with Crippen LogP contribution in [0.15, 0.2) is 49.0 Å². The molecule has 2 aromatic carbocycles. The topological polar surface area (TPSA) is 97.2 Å². The fraction of sp³-hybridized carbons (Fsp3) is 0.259. The zero-order chi connectivity index (χ0) is 27.7. The van der Waals surface area contributed by atoms with Crippen molar-refractivity contribution in [3.05, 3.63) is 77.8 Å². The van der Waals surface area contributed by atoms with Gasteiger partial charge >= 0.3 is 6.03 Å². The molecule has 0 unspecified atom stereocenters. The van der Waals surface area contributed by atoms with Crippen LogP contribution in [-0.4, -0.2) is 43.6 Å². The minimum atomic E-state index is -0.737. The van der Waals surface area contributed by atoms with Crippen molar-refractivity contribution in [1.29, 1.82) is 0 Å². The minimum absolute atomic E-state index is 0.00000952. The molecule has 0 atom stereocenters. The van der Waals surface area contributed by atoms with Crippen molar-refractivity contribution in [2.24, 2.45) is 0 Å². The first-order chi connectivity index (χ1) is 18.7. The lowest BCUT2D eigenvalue weighted by molar-refractivity contribution is 0.167. The van der Waals surface area contributed by atoms with Gasteiger partial charge in [0.2, 0.25) is 5.95 Å². The van der Waals surface area contributed by atoms with Gasteiger partial charge in [0, 0.05) is 35.6 Å². The summed E-state index contributed by atoms with van der Waals surface area (Å²) < 4.78 is 51.4. The van der Waals surface area contributed by atoms with Gasteiger partial charge in [0.25, 0.3) is 0 Å². The number of nitrogens with one attached hydrogen (secondary N) is 2. The summed E-state index contributed by atoms with van der Waals surface area (Å²) in [4.78, 5) is 26.1. The average Bonchev–Trinajstić information content (AvgIpc) is 3.26.